The van der Waals surface area contributed by atoms with Crippen molar-refractivity contribution in [2.45, 2.75) is 12.8 Å². The summed E-state index contributed by atoms with van der Waals surface area (Å²) in [5.74, 6) is 0.0874. The summed E-state index contributed by atoms with van der Waals surface area (Å²) >= 11 is 0. The van der Waals surface area contributed by atoms with Crippen LogP contribution in [0, 0.1) is 0 Å². The highest BCUT2D eigenvalue weighted by Crippen LogP contribution is 2.04. The average molecular weight is 268 g/mol. The Morgan fingerprint density at radius 3 is 2.20 bits per heavy atom. The Balaban J connectivity index is 1.59. The molecule has 0 aliphatic rings. The van der Waals surface area contributed by atoms with E-state index in [0.29, 0.717) is 19.5 Å². The van der Waals surface area contributed by atoms with Gasteiger partial charge in [-0.05, 0) is 24.1 Å². The van der Waals surface area contributed by atoms with Crippen LogP contribution in [0.3, 0.4) is 0 Å². The molecule has 104 valence electrons. The minimum atomic E-state index is 0.0874. The molecule has 0 radical (unpaired) electrons. The number of rotatable bonds is 7. The lowest BCUT2D eigenvalue weighted by atomic mass is 10.1. The number of benzene rings is 2. The molecule has 3 heteroatoms. The van der Waals surface area contributed by atoms with Crippen LogP contribution in [0.25, 0.3) is 0 Å². The highest BCUT2D eigenvalue weighted by atomic mass is 16.1. The third kappa shape index (κ3) is 5.14. The number of anilines is 1. The quantitative estimate of drug-likeness (QED) is 0.810. The Morgan fingerprint density at radius 1 is 0.850 bits per heavy atom. The van der Waals surface area contributed by atoms with Crippen molar-refractivity contribution < 1.29 is 4.79 Å². The van der Waals surface area contributed by atoms with E-state index in [9.17, 15) is 4.79 Å². The number of carbonyl (C=O) groups is 1. The van der Waals surface area contributed by atoms with Crippen LogP contribution in [0.15, 0.2) is 60.7 Å². The summed E-state index contributed by atoms with van der Waals surface area (Å²) in [7, 11) is 0. The Bertz CT molecular complexity index is 464. The third-order valence-corrected chi connectivity index (χ3v) is 3.03. The molecule has 1 amide bonds. The van der Waals surface area contributed by atoms with Gasteiger partial charge in [0, 0.05) is 25.2 Å². The molecule has 2 aromatic rings. The molecule has 0 aromatic heterocycles. The van der Waals surface area contributed by atoms with E-state index in [2.05, 4.69) is 22.8 Å². The van der Waals surface area contributed by atoms with Gasteiger partial charge in [-0.15, -0.1) is 0 Å². The maximum Gasteiger partial charge on any atom is 0.221 e. The van der Waals surface area contributed by atoms with Gasteiger partial charge in [-0.25, -0.2) is 0 Å². The fourth-order valence-electron chi connectivity index (χ4n) is 1.96. The molecule has 0 aliphatic heterocycles. The predicted molar refractivity (Wildman–Crippen MR) is 82.7 cm³/mol. The second-order valence-corrected chi connectivity index (χ2v) is 4.63. The summed E-state index contributed by atoms with van der Waals surface area (Å²) in [5.41, 5.74) is 2.29. The van der Waals surface area contributed by atoms with Crippen molar-refractivity contribution in [3.63, 3.8) is 0 Å². The summed E-state index contributed by atoms with van der Waals surface area (Å²) in [6.07, 6.45) is 1.36. The van der Waals surface area contributed by atoms with E-state index in [1.165, 1.54) is 5.56 Å². The topological polar surface area (TPSA) is 41.1 Å². The molecular weight excluding hydrogens is 248 g/mol. The number of hydrogen-bond donors (Lipinski definition) is 2. The SMILES string of the molecule is O=C(CCNc1ccccc1)NCCc1ccccc1. The number of nitrogens with one attached hydrogen (secondary N) is 2. The molecule has 2 aromatic carbocycles. The van der Waals surface area contributed by atoms with E-state index in [4.69, 9.17) is 0 Å². The molecule has 2 rings (SSSR count). The minimum absolute atomic E-state index is 0.0874. The van der Waals surface area contributed by atoms with Gasteiger partial charge in [0.25, 0.3) is 0 Å². The van der Waals surface area contributed by atoms with Crippen molar-refractivity contribution in [2.24, 2.45) is 0 Å². The Morgan fingerprint density at radius 2 is 1.50 bits per heavy atom. The molecule has 2 N–H and O–H groups in total. The van der Waals surface area contributed by atoms with Crippen molar-refractivity contribution in [2.75, 3.05) is 18.4 Å². The standard InChI is InChI=1S/C17H20N2O/c20-17(12-14-18-16-9-5-2-6-10-16)19-13-11-15-7-3-1-4-8-15/h1-10,18H,11-14H2,(H,19,20). The van der Waals surface area contributed by atoms with Crippen LogP contribution in [0.4, 0.5) is 5.69 Å². The van der Waals surface area contributed by atoms with Gasteiger partial charge in [0.1, 0.15) is 0 Å². The lowest BCUT2D eigenvalue weighted by Gasteiger charge is -2.07. The van der Waals surface area contributed by atoms with Crippen molar-refractivity contribution in [3.8, 4) is 0 Å². The molecule has 0 saturated heterocycles. The molecule has 0 saturated carbocycles. The van der Waals surface area contributed by atoms with Gasteiger partial charge in [-0.3, -0.25) is 4.79 Å². The highest BCUT2D eigenvalue weighted by molar-refractivity contribution is 5.76. The second-order valence-electron chi connectivity index (χ2n) is 4.63. The first kappa shape index (κ1) is 14.1. The zero-order valence-corrected chi connectivity index (χ0v) is 11.5. The smallest absolute Gasteiger partial charge is 0.221 e. The first-order valence-electron chi connectivity index (χ1n) is 6.94. The van der Waals surface area contributed by atoms with Gasteiger partial charge in [-0.1, -0.05) is 48.5 Å². The van der Waals surface area contributed by atoms with Crippen LogP contribution in [-0.2, 0) is 11.2 Å². The van der Waals surface area contributed by atoms with E-state index in [0.717, 1.165) is 12.1 Å². The molecule has 0 spiro atoms. The van der Waals surface area contributed by atoms with Crippen LogP contribution < -0.4 is 10.6 Å². The normalized spacial score (nSPS) is 10.0. The molecular formula is C17H20N2O. The fraction of sp³-hybridized carbons (Fsp3) is 0.235. The molecule has 0 bridgehead atoms. The zero-order chi connectivity index (χ0) is 14.0. The molecule has 0 fully saturated rings. The van der Waals surface area contributed by atoms with E-state index >= 15 is 0 Å². The largest absolute Gasteiger partial charge is 0.385 e. The van der Waals surface area contributed by atoms with Gasteiger partial charge in [0.2, 0.25) is 5.91 Å². The van der Waals surface area contributed by atoms with Crippen LogP contribution in [0.5, 0.6) is 0 Å². The number of carbonyl (C=O) groups excluding carboxylic acids is 1. The van der Waals surface area contributed by atoms with Gasteiger partial charge >= 0.3 is 0 Å². The van der Waals surface area contributed by atoms with E-state index in [-0.39, 0.29) is 5.91 Å². The van der Waals surface area contributed by atoms with E-state index < -0.39 is 0 Å². The molecule has 0 aliphatic carbocycles. The molecule has 3 nitrogen and oxygen atoms in total. The minimum Gasteiger partial charge on any atom is -0.385 e. The third-order valence-electron chi connectivity index (χ3n) is 3.03. The Hall–Kier alpha value is -2.29. The molecule has 0 unspecified atom stereocenters. The monoisotopic (exact) mass is 268 g/mol. The number of amides is 1. The summed E-state index contributed by atoms with van der Waals surface area (Å²) in [6, 6.07) is 20.1. The number of para-hydroxylation sites is 1. The van der Waals surface area contributed by atoms with Crippen LogP contribution in [-0.4, -0.2) is 19.0 Å². The van der Waals surface area contributed by atoms with Crippen molar-refractivity contribution in [1.29, 1.82) is 0 Å². The van der Waals surface area contributed by atoms with Crippen molar-refractivity contribution in [3.05, 3.63) is 66.2 Å². The fourth-order valence-corrected chi connectivity index (χ4v) is 1.96. The maximum absolute atomic E-state index is 11.7. The first-order valence-corrected chi connectivity index (χ1v) is 6.94. The van der Waals surface area contributed by atoms with E-state index in [1.807, 2.05) is 48.5 Å². The van der Waals surface area contributed by atoms with Gasteiger partial charge in [0.05, 0.1) is 0 Å². The first-order chi connectivity index (χ1) is 9.84. The summed E-state index contributed by atoms with van der Waals surface area (Å²) < 4.78 is 0. The lowest BCUT2D eigenvalue weighted by molar-refractivity contribution is -0.120. The van der Waals surface area contributed by atoms with Crippen molar-refractivity contribution >= 4 is 11.6 Å². The van der Waals surface area contributed by atoms with Crippen LogP contribution in [0.1, 0.15) is 12.0 Å². The van der Waals surface area contributed by atoms with Crippen LogP contribution >= 0.6 is 0 Å². The zero-order valence-electron chi connectivity index (χ0n) is 11.5. The molecule has 0 atom stereocenters. The van der Waals surface area contributed by atoms with Gasteiger partial charge in [0.15, 0.2) is 0 Å². The van der Waals surface area contributed by atoms with Gasteiger partial charge in [-0.2, -0.15) is 0 Å². The van der Waals surface area contributed by atoms with Crippen molar-refractivity contribution in [1.82, 2.24) is 5.32 Å². The average Bonchev–Trinajstić information content (AvgIpc) is 2.49. The lowest BCUT2D eigenvalue weighted by Crippen LogP contribution is -2.27. The number of hydrogen-bond acceptors (Lipinski definition) is 2. The summed E-state index contributed by atoms with van der Waals surface area (Å²) in [6.45, 7) is 1.34. The molecule has 20 heavy (non-hydrogen) atoms. The predicted octanol–water partition coefficient (Wildman–Crippen LogP) is 2.85. The van der Waals surface area contributed by atoms with Gasteiger partial charge < -0.3 is 10.6 Å². The van der Waals surface area contributed by atoms with Crippen LogP contribution in [0.2, 0.25) is 0 Å². The second kappa shape index (κ2) is 8.00. The summed E-state index contributed by atoms with van der Waals surface area (Å²) in [4.78, 5) is 11.7. The highest BCUT2D eigenvalue weighted by Gasteiger charge is 2.00. The Labute approximate surface area is 120 Å². The van der Waals surface area contributed by atoms with E-state index in [1.54, 1.807) is 0 Å². The molecule has 0 heterocycles. The Kier molecular flexibility index (Phi) is 5.65. The summed E-state index contributed by atoms with van der Waals surface area (Å²) in [5, 5.41) is 6.16. The maximum atomic E-state index is 11.7.